The van der Waals surface area contributed by atoms with E-state index >= 15 is 0 Å². The maximum absolute atomic E-state index is 12.6. The molecule has 1 aromatic heterocycles. The Kier molecular flexibility index (Phi) is 2.97. The average Bonchev–Trinajstić information content (AvgIpc) is 2.27. The first-order chi connectivity index (χ1) is 8.29. The topological polar surface area (TPSA) is 38.9 Å². The van der Waals surface area contributed by atoms with E-state index in [4.69, 9.17) is 5.73 Å². The molecule has 0 bridgehead atoms. The van der Waals surface area contributed by atoms with Crippen molar-refractivity contribution in [1.82, 2.24) is 4.98 Å². The minimum Gasteiger partial charge on any atom is -0.398 e. The van der Waals surface area contributed by atoms with Crippen LogP contribution >= 0.6 is 0 Å². The van der Waals surface area contributed by atoms with Gasteiger partial charge < -0.3 is 5.73 Å². The Morgan fingerprint density at radius 2 is 1.83 bits per heavy atom. The summed E-state index contributed by atoms with van der Waals surface area (Å²) in [6.07, 6.45) is -2.60. The van der Waals surface area contributed by atoms with Gasteiger partial charge in [-0.2, -0.15) is 0 Å². The van der Waals surface area contributed by atoms with Crippen LogP contribution in [0.2, 0.25) is 0 Å². The number of fused-ring (bicyclic) bond motifs is 1. The van der Waals surface area contributed by atoms with Crippen LogP contribution < -0.4 is 5.73 Å². The predicted octanol–water partition coefficient (Wildman–Crippen LogP) is 4.05. The van der Waals surface area contributed by atoms with Gasteiger partial charge in [0.2, 0.25) is 0 Å². The van der Waals surface area contributed by atoms with E-state index in [0.29, 0.717) is 11.2 Å². The number of pyridine rings is 1. The number of nitrogens with zero attached hydrogens (tertiary/aromatic N) is 1. The minimum absolute atomic E-state index is 0.0119. The van der Waals surface area contributed by atoms with Crippen molar-refractivity contribution in [3.8, 4) is 0 Å². The summed E-state index contributed by atoms with van der Waals surface area (Å²) in [5.41, 5.74) is 7.51. The van der Waals surface area contributed by atoms with Crippen molar-refractivity contribution in [2.45, 2.75) is 32.6 Å². The number of anilines is 1. The summed E-state index contributed by atoms with van der Waals surface area (Å²) in [4.78, 5) is 3.93. The summed E-state index contributed by atoms with van der Waals surface area (Å²) < 4.78 is 25.3. The van der Waals surface area contributed by atoms with Gasteiger partial charge in [0.05, 0.1) is 5.52 Å². The second kappa shape index (κ2) is 4.19. The molecule has 0 unspecified atom stereocenters. The first-order valence-corrected chi connectivity index (χ1v) is 5.78. The van der Waals surface area contributed by atoms with Crippen molar-refractivity contribution < 1.29 is 8.78 Å². The Morgan fingerprint density at radius 1 is 1.17 bits per heavy atom. The molecule has 0 fully saturated rings. The Hall–Kier alpha value is -1.71. The number of nitrogen functional groups attached to an aromatic ring is 1. The molecule has 0 spiro atoms. The van der Waals surface area contributed by atoms with Gasteiger partial charge in [0.15, 0.2) is 0 Å². The Balaban J connectivity index is 2.66. The van der Waals surface area contributed by atoms with Gasteiger partial charge in [-0.3, -0.25) is 0 Å². The molecular weight excluding hydrogens is 234 g/mol. The zero-order chi connectivity index (χ0) is 13.5. The molecule has 0 saturated heterocycles. The number of halogens is 2. The van der Waals surface area contributed by atoms with Crippen molar-refractivity contribution in [1.29, 1.82) is 0 Å². The predicted molar refractivity (Wildman–Crippen MR) is 69.8 cm³/mol. The third-order valence-corrected chi connectivity index (χ3v) is 2.95. The number of rotatable bonds is 1. The number of aromatic nitrogens is 1. The first kappa shape index (κ1) is 12.7. The van der Waals surface area contributed by atoms with Gasteiger partial charge >= 0.3 is 0 Å². The molecule has 0 amide bonds. The third-order valence-electron chi connectivity index (χ3n) is 2.95. The molecule has 18 heavy (non-hydrogen) atoms. The van der Waals surface area contributed by atoms with Crippen LogP contribution in [-0.2, 0) is 5.41 Å². The Morgan fingerprint density at radius 3 is 2.39 bits per heavy atom. The van der Waals surface area contributed by atoms with E-state index in [9.17, 15) is 8.78 Å². The van der Waals surface area contributed by atoms with Crippen LogP contribution in [0.4, 0.5) is 14.5 Å². The van der Waals surface area contributed by atoms with E-state index in [1.807, 2.05) is 12.1 Å². The lowest BCUT2D eigenvalue weighted by atomic mass is 9.86. The second-order valence-corrected chi connectivity index (χ2v) is 5.42. The summed E-state index contributed by atoms with van der Waals surface area (Å²) in [5, 5.41) is 0.729. The van der Waals surface area contributed by atoms with Crippen LogP contribution in [0.1, 0.15) is 38.5 Å². The van der Waals surface area contributed by atoms with Crippen LogP contribution in [0.15, 0.2) is 24.3 Å². The van der Waals surface area contributed by atoms with Crippen LogP contribution in [0.5, 0.6) is 0 Å². The SMILES string of the molecule is CC(C)(C)c1ccc2nc(C(F)F)cc(N)c2c1. The lowest BCUT2D eigenvalue weighted by Crippen LogP contribution is -2.11. The second-order valence-electron chi connectivity index (χ2n) is 5.42. The van der Waals surface area contributed by atoms with Gasteiger partial charge in [-0.1, -0.05) is 26.8 Å². The summed E-state index contributed by atoms with van der Waals surface area (Å²) in [5.74, 6) is 0. The number of nitrogens with two attached hydrogens (primary N) is 1. The van der Waals surface area contributed by atoms with Gasteiger partial charge in [0.1, 0.15) is 5.69 Å². The highest BCUT2D eigenvalue weighted by atomic mass is 19.3. The molecule has 4 heteroatoms. The van der Waals surface area contributed by atoms with E-state index in [-0.39, 0.29) is 11.1 Å². The third kappa shape index (κ3) is 2.28. The van der Waals surface area contributed by atoms with Crippen LogP contribution in [0.25, 0.3) is 10.9 Å². The summed E-state index contributed by atoms with van der Waals surface area (Å²) in [6, 6.07) is 6.83. The van der Waals surface area contributed by atoms with Crippen molar-refractivity contribution in [3.05, 3.63) is 35.5 Å². The molecule has 2 aromatic rings. The molecule has 1 heterocycles. The maximum Gasteiger partial charge on any atom is 0.280 e. The van der Waals surface area contributed by atoms with Crippen LogP contribution in [0.3, 0.4) is 0 Å². The fraction of sp³-hybridized carbons (Fsp3) is 0.357. The molecule has 0 atom stereocenters. The van der Waals surface area contributed by atoms with Gasteiger partial charge in [-0.05, 0) is 29.2 Å². The minimum atomic E-state index is -2.60. The highest BCUT2D eigenvalue weighted by Crippen LogP contribution is 2.30. The molecule has 0 saturated carbocycles. The fourth-order valence-electron chi connectivity index (χ4n) is 1.85. The molecule has 0 aliphatic heterocycles. The molecule has 2 nitrogen and oxygen atoms in total. The number of hydrogen-bond acceptors (Lipinski definition) is 2. The lowest BCUT2D eigenvalue weighted by Gasteiger charge is -2.19. The molecular formula is C14H16F2N2. The maximum atomic E-state index is 12.6. The summed E-state index contributed by atoms with van der Waals surface area (Å²) in [7, 11) is 0. The quantitative estimate of drug-likeness (QED) is 0.829. The van der Waals surface area contributed by atoms with E-state index < -0.39 is 6.43 Å². The molecule has 2 N–H and O–H groups in total. The van der Waals surface area contributed by atoms with E-state index in [1.165, 1.54) is 6.07 Å². The van der Waals surface area contributed by atoms with Crippen LogP contribution in [0, 0.1) is 0 Å². The summed E-state index contributed by atoms with van der Waals surface area (Å²) >= 11 is 0. The zero-order valence-electron chi connectivity index (χ0n) is 10.7. The number of benzene rings is 1. The van der Waals surface area contributed by atoms with E-state index in [0.717, 1.165) is 10.9 Å². The standard InChI is InChI=1S/C14H16F2N2/c1-14(2,3)8-4-5-11-9(6-8)10(17)7-12(18-11)13(15)16/h4-7,13H,1-3H3,(H2,17,18). The molecule has 0 aliphatic rings. The molecule has 0 aliphatic carbocycles. The average molecular weight is 250 g/mol. The summed E-state index contributed by atoms with van der Waals surface area (Å²) in [6.45, 7) is 6.27. The molecule has 0 radical (unpaired) electrons. The Labute approximate surface area is 105 Å². The van der Waals surface area contributed by atoms with Crippen molar-refractivity contribution >= 4 is 16.6 Å². The molecule has 2 rings (SSSR count). The molecule has 96 valence electrons. The fourth-order valence-corrected chi connectivity index (χ4v) is 1.85. The first-order valence-electron chi connectivity index (χ1n) is 5.78. The van der Waals surface area contributed by atoms with E-state index in [2.05, 4.69) is 25.8 Å². The van der Waals surface area contributed by atoms with Crippen molar-refractivity contribution in [2.75, 3.05) is 5.73 Å². The normalized spacial score (nSPS) is 12.3. The van der Waals surface area contributed by atoms with Crippen molar-refractivity contribution in [3.63, 3.8) is 0 Å². The molecule has 1 aromatic carbocycles. The van der Waals surface area contributed by atoms with Gasteiger partial charge in [-0.15, -0.1) is 0 Å². The monoisotopic (exact) mass is 250 g/mol. The van der Waals surface area contributed by atoms with Gasteiger partial charge in [-0.25, -0.2) is 13.8 Å². The Bertz CT molecular complexity index is 586. The smallest absolute Gasteiger partial charge is 0.280 e. The number of hydrogen-bond donors (Lipinski definition) is 1. The zero-order valence-corrected chi connectivity index (χ0v) is 10.7. The number of alkyl halides is 2. The largest absolute Gasteiger partial charge is 0.398 e. The lowest BCUT2D eigenvalue weighted by molar-refractivity contribution is 0.146. The highest BCUT2D eigenvalue weighted by molar-refractivity contribution is 5.91. The highest BCUT2D eigenvalue weighted by Gasteiger charge is 2.16. The van der Waals surface area contributed by atoms with Gasteiger partial charge in [0, 0.05) is 11.1 Å². The van der Waals surface area contributed by atoms with Crippen molar-refractivity contribution in [2.24, 2.45) is 0 Å². The van der Waals surface area contributed by atoms with E-state index in [1.54, 1.807) is 6.07 Å². The van der Waals surface area contributed by atoms with Crippen LogP contribution in [-0.4, -0.2) is 4.98 Å². The van der Waals surface area contributed by atoms with Gasteiger partial charge in [0.25, 0.3) is 6.43 Å².